The first-order valence-electron chi connectivity index (χ1n) is 8.09. The van der Waals surface area contributed by atoms with Gasteiger partial charge in [-0.3, -0.25) is 10.4 Å². The van der Waals surface area contributed by atoms with Gasteiger partial charge in [0.2, 0.25) is 0 Å². The largest absolute Gasteiger partial charge is 0.416 e. The zero-order valence-electron chi connectivity index (χ0n) is 14.9. The molecule has 2 rings (SSSR count). The fourth-order valence-corrected chi connectivity index (χ4v) is 2.74. The van der Waals surface area contributed by atoms with Crippen molar-refractivity contribution in [3.8, 4) is 0 Å². The van der Waals surface area contributed by atoms with Crippen LogP contribution in [-0.4, -0.2) is 18.1 Å². The van der Waals surface area contributed by atoms with Crippen molar-refractivity contribution >= 4 is 17.4 Å². The second-order valence-corrected chi connectivity index (χ2v) is 5.85. The van der Waals surface area contributed by atoms with Crippen LogP contribution >= 0.6 is 0 Å². The minimum atomic E-state index is -4.45. The number of hydrazine groups is 2. The number of nitrogens with zero attached hydrogens (tertiary/aromatic N) is 3. The van der Waals surface area contributed by atoms with Crippen molar-refractivity contribution in [3.63, 3.8) is 0 Å². The molecule has 1 aromatic heterocycles. The van der Waals surface area contributed by atoms with Gasteiger partial charge in [0.1, 0.15) is 0 Å². The van der Waals surface area contributed by atoms with Crippen molar-refractivity contribution in [3.05, 3.63) is 53.3 Å². The first kappa shape index (κ1) is 20.5. The molecule has 0 spiro atoms. The standard InChI is InChI=1S/C17H21F3N6O/c1-3-11-5-4-6-14(26(22)16(27)24-21)15(11)25(2)10-13-9-12(7-8-23-13)17(18,19)20/h4-9H,3,10,21-22H2,1-2H3,(H,24,27). The number of aromatic nitrogens is 1. The van der Waals surface area contributed by atoms with E-state index >= 15 is 0 Å². The Morgan fingerprint density at radius 3 is 2.59 bits per heavy atom. The highest BCUT2D eigenvalue weighted by molar-refractivity contribution is 5.94. The summed E-state index contributed by atoms with van der Waals surface area (Å²) in [6.07, 6.45) is -2.70. The summed E-state index contributed by atoms with van der Waals surface area (Å²) in [5.74, 6) is 11.0. The molecule has 0 saturated carbocycles. The first-order valence-corrected chi connectivity index (χ1v) is 8.09. The van der Waals surface area contributed by atoms with E-state index in [1.54, 1.807) is 24.1 Å². The van der Waals surface area contributed by atoms with Crippen molar-refractivity contribution in [2.45, 2.75) is 26.1 Å². The van der Waals surface area contributed by atoms with Gasteiger partial charge in [0.05, 0.1) is 29.2 Å². The molecule has 7 nitrogen and oxygen atoms in total. The maximum atomic E-state index is 12.9. The van der Waals surface area contributed by atoms with Gasteiger partial charge < -0.3 is 4.90 Å². The molecule has 0 aliphatic heterocycles. The summed E-state index contributed by atoms with van der Waals surface area (Å²) in [4.78, 5) is 17.5. The molecular weight excluding hydrogens is 361 g/mol. The summed E-state index contributed by atoms with van der Waals surface area (Å²) in [6.45, 7) is 2.01. The van der Waals surface area contributed by atoms with E-state index in [1.165, 1.54) is 0 Å². The van der Waals surface area contributed by atoms with E-state index in [9.17, 15) is 18.0 Å². The summed E-state index contributed by atoms with van der Waals surface area (Å²) >= 11 is 0. The Labute approximate surface area is 154 Å². The second-order valence-electron chi connectivity index (χ2n) is 5.85. The molecule has 5 N–H and O–H groups in total. The Balaban J connectivity index is 2.41. The average Bonchev–Trinajstić information content (AvgIpc) is 2.65. The number of urea groups is 1. The smallest absolute Gasteiger partial charge is 0.367 e. The third-order valence-corrected chi connectivity index (χ3v) is 4.01. The molecule has 10 heteroatoms. The van der Waals surface area contributed by atoms with E-state index in [1.807, 2.05) is 18.4 Å². The Bertz CT molecular complexity index is 811. The molecule has 0 atom stereocenters. The molecular formula is C17H21F3N6O. The summed E-state index contributed by atoms with van der Waals surface area (Å²) in [5.41, 5.74) is 3.24. The van der Waals surface area contributed by atoms with Crippen LogP contribution in [0.2, 0.25) is 0 Å². The molecule has 0 aliphatic carbocycles. The Morgan fingerprint density at radius 1 is 1.30 bits per heavy atom. The number of hydrogen-bond donors (Lipinski definition) is 3. The van der Waals surface area contributed by atoms with Gasteiger partial charge in [-0.1, -0.05) is 19.1 Å². The van der Waals surface area contributed by atoms with Crippen LogP contribution < -0.4 is 27.0 Å². The van der Waals surface area contributed by atoms with Crippen molar-refractivity contribution in [1.29, 1.82) is 0 Å². The minimum absolute atomic E-state index is 0.0893. The summed E-state index contributed by atoms with van der Waals surface area (Å²) in [6, 6.07) is 6.40. The van der Waals surface area contributed by atoms with Gasteiger partial charge in [-0.2, -0.15) is 13.2 Å². The van der Waals surface area contributed by atoms with Crippen LogP contribution in [0, 0.1) is 0 Å². The van der Waals surface area contributed by atoms with Crippen molar-refractivity contribution in [1.82, 2.24) is 10.4 Å². The molecule has 27 heavy (non-hydrogen) atoms. The molecule has 0 unspecified atom stereocenters. The summed E-state index contributed by atoms with van der Waals surface area (Å²) in [5, 5.41) is 0.852. The number of carbonyl (C=O) groups excluding carboxylic acids is 1. The maximum absolute atomic E-state index is 12.9. The summed E-state index contributed by atoms with van der Waals surface area (Å²) < 4.78 is 38.8. The van der Waals surface area contributed by atoms with E-state index in [0.717, 1.165) is 28.9 Å². The van der Waals surface area contributed by atoms with E-state index in [0.29, 0.717) is 17.8 Å². The lowest BCUT2D eigenvalue weighted by Gasteiger charge is -2.28. The van der Waals surface area contributed by atoms with Crippen LogP contribution in [-0.2, 0) is 19.1 Å². The lowest BCUT2D eigenvalue weighted by Crippen LogP contribution is -2.48. The quantitative estimate of drug-likeness (QED) is 0.419. The highest BCUT2D eigenvalue weighted by atomic mass is 19.4. The third-order valence-electron chi connectivity index (χ3n) is 4.01. The molecule has 2 aromatic rings. The van der Waals surface area contributed by atoms with Crippen LogP contribution in [0.3, 0.4) is 0 Å². The number of anilines is 2. The van der Waals surface area contributed by atoms with Crippen LogP contribution in [0.5, 0.6) is 0 Å². The number of nitrogens with two attached hydrogens (primary N) is 2. The van der Waals surface area contributed by atoms with E-state index in [-0.39, 0.29) is 12.2 Å². The van der Waals surface area contributed by atoms with Crippen molar-refractivity contribution in [2.24, 2.45) is 11.7 Å². The van der Waals surface area contributed by atoms with Crippen LogP contribution in [0.25, 0.3) is 0 Å². The number of aryl methyl sites for hydroxylation is 1. The normalized spacial score (nSPS) is 11.2. The highest BCUT2D eigenvalue weighted by Gasteiger charge is 2.31. The first-order chi connectivity index (χ1) is 12.7. The molecule has 146 valence electrons. The van der Waals surface area contributed by atoms with Crippen LogP contribution in [0.1, 0.15) is 23.7 Å². The van der Waals surface area contributed by atoms with Gasteiger partial charge in [0.15, 0.2) is 0 Å². The minimum Gasteiger partial charge on any atom is -0.367 e. The molecule has 0 saturated heterocycles. The molecule has 1 heterocycles. The number of benzene rings is 1. The SMILES string of the molecule is CCc1cccc(N(N)C(=O)NN)c1N(C)Cc1cc(C(F)(F)F)ccn1. The fourth-order valence-electron chi connectivity index (χ4n) is 2.74. The fraction of sp³-hybridized carbons (Fsp3) is 0.294. The number of rotatable bonds is 5. The highest BCUT2D eigenvalue weighted by Crippen LogP contribution is 2.33. The zero-order chi connectivity index (χ0) is 20.2. The number of halogens is 3. The number of amides is 2. The van der Waals surface area contributed by atoms with E-state index in [4.69, 9.17) is 11.7 Å². The number of pyridine rings is 1. The molecule has 0 bridgehead atoms. The third kappa shape index (κ3) is 4.66. The van der Waals surface area contributed by atoms with Gasteiger partial charge in [-0.15, -0.1) is 0 Å². The lowest BCUT2D eigenvalue weighted by atomic mass is 10.1. The number of nitrogens with one attached hydrogen (secondary N) is 1. The van der Waals surface area contributed by atoms with Gasteiger partial charge in [0.25, 0.3) is 0 Å². The molecule has 0 radical (unpaired) electrons. The predicted octanol–water partition coefficient (Wildman–Crippen LogP) is 2.56. The molecule has 0 aliphatic rings. The summed E-state index contributed by atoms with van der Waals surface area (Å²) in [7, 11) is 1.69. The number of carbonyl (C=O) groups is 1. The van der Waals surface area contributed by atoms with Gasteiger partial charge >= 0.3 is 12.2 Å². The average molecular weight is 382 g/mol. The van der Waals surface area contributed by atoms with Crippen LogP contribution in [0.4, 0.5) is 29.3 Å². The Kier molecular flexibility index (Phi) is 6.24. The molecule has 1 aromatic carbocycles. The Morgan fingerprint density at radius 2 is 2.00 bits per heavy atom. The van der Waals surface area contributed by atoms with Crippen molar-refractivity contribution < 1.29 is 18.0 Å². The number of hydrogen-bond acceptors (Lipinski definition) is 5. The van der Waals surface area contributed by atoms with E-state index < -0.39 is 17.8 Å². The monoisotopic (exact) mass is 382 g/mol. The molecule has 2 amide bonds. The Hall–Kier alpha value is -2.85. The van der Waals surface area contributed by atoms with Crippen molar-refractivity contribution in [2.75, 3.05) is 17.0 Å². The molecule has 0 fully saturated rings. The van der Waals surface area contributed by atoms with Crippen LogP contribution in [0.15, 0.2) is 36.5 Å². The second kappa shape index (κ2) is 8.23. The number of para-hydroxylation sites is 1. The van der Waals surface area contributed by atoms with E-state index in [2.05, 4.69) is 4.98 Å². The lowest BCUT2D eigenvalue weighted by molar-refractivity contribution is -0.137. The maximum Gasteiger partial charge on any atom is 0.416 e. The van der Waals surface area contributed by atoms with Gasteiger partial charge in [-0.05, 0) is 30.2 Å². The predicted molar refractivity (Wildman–Crippen MR) is 96.6 cm³/mol. The van der Waals surface area contributed by atoms with Gasteiger partial charge in [0, 0.05) is 13.2 Å². The van der Waals surface area contributed by atoms with Gasteiger partial charge in [-0.25, -0.2) is 21.5 Å². The number of alkyl halides is 3. The zero-order valence-corrected chi connectivity index (χ0v) is 14.9. The topological polar surface area (TPSA) is 101 Å².